The van der Waals surface area contributed by atoms with Crippen molar-refractivity contribution in [3.8, 4) is 11.3 Å². The molecule has 0 bridgehead atoms. The van der Waals surface area contributed by atoms with Gasteiger partial charge < -0.3 is 10.8 Å². The second-order valence-corrected chi connectivity index (χ2v) is 5.09. The first-order valence-corrected chi connectivity index (χ1v) is 6.64. The highest BCUT2D eigenvalue weighted by Gasteiger charge is 2.16. The van der Waals surface area contributed by atoms with Gasteiger partial charge in [0, 0.05) is 0 Å². The van der Waals surface area contributed by atoms with Crippen LogP contribution in [0, 0.1) is 13.8 Å². The molecule has 2 rings (SSSR count). The Bertz CT molecular complexity index is 821. The molecule has 0 saturated carbocycles. The Morgan fingerprint density at radius 3 is 2.36 bits per heavy atom. The molecule has 0 unspecified atom stereocenters. The van der Waals surface area contributed by atoms with Crippen LogP contribution in [0.2, 0.25) is 0 Å². The molecule has 3 N–H and O–H groups in total. The normalized spacial score (nSPS) is 10.5. The van der Waals surface area contributed by atoms with Crippen molar-refractivity contribution in [3.05, 3.63) is 57.4 Å². The van der Waals surface area contributed by atoms with Gasteiger partial charge in [-0.15, -0.1) is 0 Å². The molecular formula is C16H16N2O4. The van der Waals surface area contributed by atoms with Gasteiger partial charge in [-0.05, 0) is 48.7 Å². The molecule has 114 valence electrons. The van der Waals surface area contributed by atoms with E-state index in [1.54, 1.807) is 0 Å². The van der Waals surface area contributed by atoms with Gasteiger partial charge >= 0.3 is 5.97 Å². The summed E-state index contributed by atoms with van der Waals surface area (Å²) in [5.74, 6) is -2.05. The number of primary amides is 1. The van der Waals surface area contributed by atoms with Crippen LogP contribution in [-0.2, 0) is 11.3 Å². The summed E-state index contributed by atoms with van der Waals surface area (Å²) in [6, 6.07) is 8.34. The van der Waals surface area contributed by atoms with Crippen molar-refractivity contribution in [2.24, 2.45) is 5.73 Å². The highest BCUT2D eigenvalue weighted by molar-refractivity contribution is 5.88. The summed E-state index contributed by atoms with van der Waals surface area (Å²) in [4.78, 5) is 34.6. The smallest absolute Gasteiger partial charge is 0.341 e. The van der Waals surface area contributed by atoms with E-state index in [1.807, 2.05) is 32.0 Å². The third-order valence-corrected chi connectivity index (χ3v) is 3.52. The van der Waals surface area contributed by atoms with Gasteiger partial charge in [0.1, 0.15) is 12.1 Å². The van der Waals surface area contributed by atoms with E-state index in [2.05, 4.69) is 0 Å². The Morgan fingerprint density at radius 2 is 1.82 bits per heavy atom. The van der Waals surface area contributed by atoms with Crippen molar-refractivity contribution in [3.63, 3.8) is 0 Å². The molecule has 0 aliphatic rings. The Labute approximate surface area is 126 Å². The van der Waals surface area contributed by atoms with Gasteiger partial charge in [-0.25, -0.2) is 4.79 Å². The molecule has 6 heteroatoms. The number of nitrogens with two attached hydrogens (primary N) is 1. The zero-order valence-electron chi connectivity index (χ0n) is 12.3. The minimum atomic E-state index is -1.34. The van der Waals surface area contributed by atoms with Crippen molar-refractivity contribution in [1.29, 1.82) is 0 Å². The molecule has 0 atom stereocenters. The van der Waals surface area contributed by atoms with Gasteiger partial charge in [0.25, 0.3) is 5.56 Å². The summed E-state index contributed by atoms with van der Waals surface area (Å²) in [5.41, 5.74) is 7.33. The second-order valence-electron chi connectivity index (χ2n) is 5.09. The van der Waals surface area contributed by atoms with Crippen LogP contribution < -0.4 is 11.3 Å². The molecule has 6 nitrogen and oxygen atoms in total. The molecule has 1 heterocycles. The van der Waals surface area contributed by atoms with Gasteiger partial charge in [-0.3, -0.25) is 14.2 Å². The molecule has 1 amide bonds. The molecule has 1 aromatic carbocycles. The predicted molar refractivity (Wildman–Crippen MR) is 81.8 cm³/mol. The van der Waals surface area contributed by atoms with Crippen molar-refractivity contribution in [2.45, 2.75) is 20.4 Å². The van der Waals surface area contributed by atoms with Gasteiger partial charge in [-0.2, -0.15) is 0 Å². The fraction of sp³-hybridized carbons (Fsp3) is 0.188. The third-order valence-electron chi connectivity index (χ3n) is 3.52. The maximum atomic E-state index is 12.3. The Balaban J connectivity index is 2.71. The van der Waals surface area contributed by atoms with E-state index < -0.39 is 23.0 Å². The lowest BCUT2D eigenvalue weighted by Crippen LogP contribution is -2.32. The number of aromatic nitrogens is 1. The first-order valence-electron chi connectivity index (χ1n) is 6.64. The van der Waals surface area contributed by atoms with Crippen molar-refractivity contribution in [1.82, 2.24) is 4.57 Å². The number of aromatic carboxylic acids is 1. The Hall–Kier alpha value is -2.89. The standard InChI is InChI=1S/C16H16N2O4/c1-9-3-4-11(7-10(9)2)13-6-5-12(16(21)22)15(20)18(13)8-14(17)19/h3-7H,8H2,1-2H3,(H2,17,19)(H,21,22). The minimum absolute atomic E-state index is 0.373. The largest absolute Gasteiger partial charge is 0.477 e. The number of amides is 1. The number of pyridine rings is 1. The van der Waals surface area contributed by atoms with Crippen LogP contribution in [0.5, 0.6) is 0 Å². The predicted octanol–water partition coefficient (Wildman–Crippen LogP) is 1.32. The average molecular weight is 300 g/mol. The van der Waals surface area contributed by atoms with E-state index in [-0.39, 0.29) is 6.54 Å². The lowest BCUT2D eigenvalue weighted by atomic mass is 10.0. The van der Waals surface area contributed by atoms with Crippen molar-refractivity contribution in [2.75, 3.05) is 0 Å². The summed E-state index contributed by atoms with van der Waals surface area (Å²) in [5, 5.41) is 9.04. The van der Waals surface area contributed by atoms with Gasteiger partial charge in [-0.1, -0.05) is 12.1 Å². The molecule has 0 fully saturated rings. The highest BCUT2D eigenvalue weighted by atomic mass is 16.4. The first-order chi connectivity index (χ1) is 10.3. The first kappa shape index (κ1) is 15.5. The molecule has 0 aliphatic carbocycles. The van der Waals surface area contributed by atoms with Crippen LogP contribution in [0.3, 0.4) is 0 Å². The second kappa shape index (κ2) is 5.85. The number of rotatable bonds is 4. The van der Waals surface area contributed by atoms with Crippen LogP contribution in [0.1, 0.15) is 21.5 Å². The summed E-state index contributed by atoms with van der Waals surface area (Å²) < 4.78 is 1.09. The fourth-order valence-corrected chi connectivity index (χ4v) is 2.21. The summed E-state index contributed by atoms with van der Waals surface area (Å²) >= 11 is 0. The van der Waals surface area contributed by atoms with E-state index in [0.29, 0.717) is 5.69 Å². The summed E-state index contributed by atoms with van der Waals surface area (Å²) in [6.45, 7) is 3.52. The lowest BCUT2D eigenvalue weighted by Gasteiger charge is -2.13. The molecule has 0 saturated heterocycles. The van der Waals surface area contributed by atoms with Crippen LogP contribution in [0.25, 0.3) is 11.3 Å². The van der Waals surface area contributed by atoms with Crippen molar-refractivity contribution >= 4 is 11.9 Å². The molecule has 0 radical (unpaired) electrons. The fourth-order valence-electron chi connectivity index (χ4n) is 2.21. The Morgan fingerprint density at radius 1 is 1.14 bits per heavy atom. The van der Waals surface area contributed by atoms with E-state index in [9.17, 15) is 14.4 Å². The molecule has 2 aromatic rings. The van der Waals surface area contributed by atoms with Gasteiger partial charge in [0.2, 0.25) is 5.91 Å². The number of carboxylic acid groups (broad SMARTS) is 1. The number of hydrogen-bond donors (Lipinski definition) is 2. The lowest BCUT2D eigenvalue weighted by molar-refractivity contribution is -0.118. The maximum Gasteiger partial charge on any atom is 0.341 e. The third kappa shape index (κ3) is 2.90. The van der Waals surface area contributed by atoms with E-state index in [1.165, 1.54) is 12.1 Å². The van der Waals surface area contributed by atoms with Crippen LogP contribution in [0.4, 0.5) is 0 Å². The van der Waals surface area contributed by atoms with E-state index in [4.69, 9.17) is 10.8 Å². The van der Waals surface area contributed by atoms with Crippen LogP contribution in [-0.4, -0.2) is 21.6 Å². The number of aryl methyl sites for hydroxylation is 2. The average Bonchev–Trinajstić information content (AvgIpc) is 2.43. The number of carboxylic acids is 1. The zero-order chi connectivity index (χ0) is 16.4. The summed E-state index contributed by atoms with van der Waals surface area (Å²) in [6.07, 6.45) is 0. The number of carbonyl (C=O) groups excluding carboxylic acids is 1. The molecular weight excluding hydrogens is 284 g/mol. The molecule has 0 spiro atoms. The quantitative estimate of drug-likeness (QED) is 0.888. The highest BCUT2D eigenvalue weighted by Crippen LogP contribution is 2.21. The minimum Gasteiger partial charge on any atom is -0.477 e. The van der Waals surface area contributed by atoms with Gasteiger partial charge in [0.15, 0.2) is 0 Å². The van der Waals surface area contributed by atoms with Crippen molar-refractivity contribution < 1.29 is 14.7 Å². The Kier molecular flexibility index (Phi) is 4.12. The van der Waals surface area contributed by atoms with Crippen LogP contribution in [0.15, 0.2) is 35.1 Å². The summed E-state index contributed by atoms with van der Waals surface area (Å²) in [7, 11) is 0. The number of carbonyl (C=O) groups is 2. The van der Waals surface area contributed by atoms with Crippen LogP contribution >= 0.6 is 0 Å². The number of benzene rings is 1. The molecule has 1 aromatic heterocycles. The molecule has 0 aliphatic heterocycles. The SMILES string of the molecule is Cc1ccc(-c2ccc(C(=O)O)c(=O)n2CC(N)=O)cc1C. The topological polar surface area (TPSA) is 102 Å². The number of hydrogen-bond acceptors (Lipinski definition) is 3. The molecule has 22 heavy (non-hydrogen) atoms. The maximum absolute atomic E-state index is 12.3. The van der Waals surface area contributed by atoms with E-state index >= 15 is 0 Å². The monoisotopic (exact) mass is 300 g/mol. The number of nitrogens with zero attached hydrogens (tertiary/aromatic N) is 1. The van der Waals surface area contributed by atoms with E-state index in [0.717, 1.165) is 21.3 Å². The van der Waals surface area contributed by atoms with Gasteiger partial charge in [0.05, 0.1) is 5.69 Å². The zero-order valence-corrected chi connectivity index (χ0v) is 12.3.